The number of aliphatic hydroxyl groups excluding tert-OH is 1. The SMILES string of the molecule is CCC(O)CNC(=O)Cc1ccc(C)c(OC)c1. The summed E-state index contributed by atoms with van der Waals surface area (Å²) in [5.41, 5.74) is 1.95. The van der Waals surface area contributed by atoms with Crippen LogP contribution in [0.2, 0.25) is 0 Å². The van der Waals surface area contributed by atoms with Crippen molar-refractivity contribution in [1.29, 1.82) is 0 Å². The molecular formula is C14H21NO3. The minimum absolute atomic E-state index is 0.0894. The summed E-state index contributed by atoms with van der Waals surface area (Å²) in [5, 5.41) is 12.1. The molecule has 1 amide bonds. The number of carbonyl (C=O) groups excluding carboxylic acids is 1. The van der Waals surface area contributed by atoms with Crippen molar-refractivity contribution in [3.8, 4) is 5.75 Å². The summed E-state index contributed by atoms with van der Waals surface area (Å²) in [6.45, 7) is 4.14. The van der Waals surface area contributed by atoms with Crippen LogP contribution >= 0.6 is 0 Å². The molecule has 0 aliphatic rings. The standard InChI is InChI=1S/C14H21NO3/c1-4-12(16)9-15-14(17)8-11-6-5-10(2)13(7-11)18-3/h5-7,12,16H,4,8-9H2,1-3H3,(H,15,17). The molecule has 0 fully saturated rings. The fraction of sp³-hybridized carbons (Fsp3) is 0.500. The van der Waals surface area contributed by atoms with Crippen LogP contribution in [0.15, 0.2) is 18.2 Å². The normalized spacial score (nSPS) is 12.0. The number of benzene rings is 1. The van der Waals surface area contributed by atoms with Crippen LogP contribution in [0, 0.1) is 6.92 Å². The molecule has 1 atom stereocenters. The van der Waals surface area contributed by atoms with E-state index in [4.69, 9.17) is 4.74 Å². The van der Waals surface area contributed by atoms with Gasteiger partial charge < -0.3 is 15.2 Å². The summed E-state index contributed by atoms with van der Waals surface area (Å²) < 4.78 is 5.21. The van der Waals surface area contributed by atoms with E-state index < -0.39 is 6.10 Å². The van der Waals surface area contributed by atoms with E-state index in [1.165, 1.54) is 0 Å². The largest absolute Gasteiger partial charge is 0.496 e. The molecule has 4 nitrogen and oxygen atoms in total. The van der Waals surface area contributed by atoms with E-state index in [0.717, 1.165) is 16.9 Å². The molecule has 1 aromatic carbocycles. The minimum Gasteiger partial charge on any atom is -0.496 e. The summed E-state index contributed by atoms with van der Waals surface area (Å²) in [6, 6.07) is 5.71. The molecule has 0 aliphatic heterocycles. The Bertz CT molecular complexity index is 404. The Labute approximate surface area is 108 Å². The highest BCUT2D eigenvalue weighted by Gasteiger charge is 2.07. The second-order valence-electron chi connectivity index (χ2n) is 4.35. The first-order chi connectivity index (χ1) is 8.56. The number of hydrogen-bond acceptors (Lipinski definition) is 3. The number of rotatable bonds is 6. The monoisotopic (exact) mass is 251 g/mol. The summed E-state index contributed by atoms with van der Waals surface area (Å²) in [4.78, 5) is 11.7. The summed E-state index contributed by atoms with van der Waals surface area (Å²) in [5.74, 6) is 0.697. The van der Waals surface area contributed by atoms with Crippen LogP contribution in [0.1, 0.15) is 24.5 Å². The number of aryl methyl sites for hydroxylation is 1. The van der Waals surface area contributed by atoms with Crippen molar-refractivity contribution in [3.05, 3.63) is 29.3 Å². The van der Waals surface area contributed by atoms with Gasteiger partial charge in [0.25, 0.3) is 0 Å². The van der Waals surface area contributed by atoms with Gasteiger partial charge in [-0.2, -0.15) is 0 Å². The Morgan fingerprint density at radius 2 is 2.22 bits per heavy atom. The second kappa shape index (κ2) is 7.01. The summed E-state index contributed by atoms with van der Waals surface area (Å²) >= 11 is 0. The first-order valence-electron chi connectivity index (χ1n) is 6.15. The molecule has 0 heterocycles. The van der Waals surface area contributed by atoms with Crippen LogP contribution in [-0.4, -0.2) is 30.8 Å². The highest BCUT2D eigenvalue weighted by molar-refractivity contribution is 5.78. The van der Waals surface area contributed by atoms with Crippen LogP contribution in [0.5, 0.6) is 5.75 Å². The van der Waals surface area contributed by atoms with E-state index in [9.17, 15) is 9.90 Å². The van der Waals surface area contributed by atoms with Gasteiger partial charge >= 0.3 is 0 Å². The van der Waals surface area contributed by atoms with Crippen molar-refractivity contribution < 1.29 is 14.6 Å². The number of carbonyl (C=O) groups is 1. The molecule has 1 unspecified atom stereocenters. The lowest BCUT2D eigenvalue weighted by molar-refractivity contribution is -0.120. The van der Waals surface area contributed by atoms with Gasteiger partial charge in [-0.25, -0.2) is 0 Å². The first kappa shape index (κ1) is 14.5. The lowest BCUT2D eigenvalue weighted by atomic mass is 10.1. The second-order valence-corrected chi connectivity index (χ2v) is 4.35. The smallest absolute Gasteiger partial charge is 0.224 e. The van der Waals surface area contributed by atoms with Gasteiger partial charge in [0.05, 0.1) is 19.6 Å². The molecule has 18 heavy (non-hydrogen) atoms. The molecule has 1 rings (SSSR count). The van der Waals surface area contributed by atoms with Crippen LogP contribution in [0.4, 0.5) is 0 Å². The number of methoxy groups -OCH3 is 1. The molecule has 0 saturated heterocycles. The predicted octanol–water partition coefficient (Wildman–Crippen LogP) is 1.43. The van der Waals surface area contributed by atoms with Gasteiger partial charge in [-0.15, -0.1) is 0 Å². The van der Waals surface area contributed by atoms with Crippen molar-refractivity contribution >= 4 is 5.91 Å². The third-order valence-electron chi connectivity index (χ3n) is 2.84. The average molecular weight is 251 g/mol. The summed E-state index contributed by atoms with van der Waals surface area (Å²) in [7, 11) is 1.61. The molecule has 2 N–H and O–H groups in total. The van der Waals surface area contributed by atoms with Gasteiger partial charge in [-0.05, 0) is 30.5 Å². The van der Waals surface area contributed by atoms with Crippen LogP contribution in [0.25, 0.3) is 0 Å². The molecule has 0 radical (unpaired) electrons. The maximum atomic E-state index is 11.7. The Hall–Kier alpha value is -1.55. The highest BCUT2D eigenvalue weighted by Crippen LogP contribution is 2.19. The number of nitrogens with one attached hydrogen (secondary N) is 1. The van der Waals surface area contributed by atoms with Crippen molar-refractivity contribution in [2.45, 2.75) is 32.8 Å². The summed E-state index contributed by atoms with van der Waals surface area (Å²) in [6.07, 6.45) is 0.465. The molecule has 0 saturated carbocycles. The van der Waals surface area contributed by atoms with E-state index >= 15 is 0 Å². The minimum atomic E-state index is -0.471. The molecule has 100 valence electrons. The van der Waals surface area contributed by atoms with E-state index in [2.05, 4.69) is 5.32 Å². The van der Waals surface area contributed by atoms with Crippen molar-refractivity contribution in [2.75, 3.05) is 13.7 Å². The first-order valence-corrected chi connectivity index (χ1v) is 6.15. The molecule has 0 aromatic heterocycles. The van der Waals surface area contributed by atoms with Crippen LogP contribution in [-0.2, 0) is 11.2 Å². The lowest BCUT2D eigenvalue weighted by Crippen LogP contribution is -2.32. The van der Waals surface area contributed by atoms with Gasteiger partial charge in [0, 0.05) is 6.54 Å². The van der Waals surface area contributed by atoms with Gasteiger partial charge in [0.1, 0.15) is 5.75 Å². The van der Waals surface area contributed by atoms with Gasteiger partial charge in [0.2, 0.25) is 5.91 Å². The van der Waals surface area contributed by atoms with Crippen molar-refractivity contribution in [2.24, 2.45) is 0 Å². The zero-order valence-electron chi connectivity index (χ0n) is 11.2. The van der Waals surface area contributed by atoms with Crippen molar-refractivity contribution in [3.63, 3.8) is 0 Å². The Kier molecular flexibility index (Phi) is 5.65. The quantitative estimate of drug-likeness (QED) is 0.804. The fourth-order valence-electron chi connectivity index (χ4n) is 1.60. The Morgan fingerprint density at radius 1 is 1.50 bits per heavy atom. The van der Waals surface area contributed by atoms with Crippen LogP contribution in [0.3, 0.4) is 0 Å². The van der Waals surface area contributed by atoms with Crippen molar-refractivity contribution in [1.82, 2.24) is 5.32 Å². The van der Waals surface area contributed by atoms with Crippen LogP contribution < -0.4 is 10.1 Å². The number of ether oxygens (including phenoxy) is 1. The Morgan fingerprint density at radius 3 is 2.83 bits per heavy atom. The van der Waals surface area contributed by atoms with E-state index in [1.54, 1.807) is 7.11 Å². The number of aliphatic hydroxyl groups is 1. The zero-order valence-corrected chi connectivity index (χ0v) is 11.2. The third kappa shape index (κ3) is 4.37. The lowest BCUT2D eigenvalue weighted by Gasteiger charge is -2.10. The zero-order chi connectivity index (χ0) is 13.5. The molecule has 0 spiro atoms. The van der Waals surface area contributed by atoms with E-state index in [0.29, 0.717) is 19.4 Å². The number of amides is 1. The average Bonchev–Trinajstić information content (AvgIpc) is 2.38. The molecule has 1 aromatic rings. The van der Waals surface area contributed by atoms with Gasteiger partial charge in [-0.3, -0.25) is 4.79 Å². The third-order valence-corrected chi connectivity index (χ3v) is 2.84. The molecule has 0 aliphatic carbocycles. The fourth-order valence-corrected chi connectivity index (χ4v) is 1.60. The predicted molar refractivity (Wildman–Crippen MR) is 70.7 cm³/mol. The number of hydrogen-bond donors (Lipinski definition) is 2. The maximum Gasteiger partial charge on any atom is 0.224 e. The van der Waals surface area contributed by atoms with E-state index in [1.807, 2.05) is 32.0 Å². The molecule has 0 bridgehead atoms. The van der Waals surface area contributed by atoms with E-state index in [-0.39, 0.29) is 5.91 Å². The molecular weight excluding hydrogens is 230 g/mol. The topological polar surface area (TPSA) is 58.6 Å². The Balaban J connectivity index is 2.54. The van der Waals surface area contributed by atoms with Gasteiger partial charge in [0.15, 0.2) is 0 Å². The maximum absolute atomic E-state index is 11.7. The highest BCUT2D eigenvalue weighted by atomic mass is 16.5. The molecule has 4 heteroatoms. The van der Waals surface area contributed by atoms with Gasteiger partial charge in [-0.1, -0.05) is 19.1 Å².